The Labute approximate surface area is 185 Å². The molecule has 0 bridgehead atoms. The van der Waals surface area contributed by atoms with Crippen LogP contribution >= 0.6 is 23.1 Å². The van der Waals surface area contributed by atoms with Gasteiger partial charge in [0, 0.05) is 0 Å². The van der Waals surface area contributed by atoms with E-state index in [1.165, 1.54) is 37.4 Å². The zero-order valence-electron chi connectivity index (χ0n) is 17.2. The van der Waals surface area contributed by atoms with Gasteiger partial charge in [-0.15, -0.1) is 11.3 Å². The number of benzene rings is 2. The first-order valence-electron chi connectivity index (χ1n) is 10.3. The Balaban J connectivity index is 1.35. The van der Waals surface area contributed by atoms with Crippen molar-refractivity contribution in [3.8, 4) is 5.75 Å². The highest BCUT2D eigenvalue weighted by Crippen LogP contribution is 2.29. The number of thioether (sulfide) groups is 1. The average molecular weight is 442 g/mol. The number of para-hydroxylation sites is 1. The zero-order valence-corrected chi connectivity index (χ0v) is 18.8. The number of nitrogens with one attached hydrogen (secondary N) is 1. The van der Waals surface area contributed by atoms with Gasteiger partial charge in [0.1, 0.15) is 5.75 Å². The molecule has 0 spiro atoms. The molecule has 1 aromatic heterocycles. The van der Waals surface area contributed by atoms with Crippen molar-refractivity contribution in [1.82, 2.24) is 10.4 Å². The molecule has 0 radical (unpaired) electrons. The normalized spacial score (nSPS) is 11.2. The van der Waals surface area contributed by atoms with Gasteiger partial charge in [-0.3, -0.25) is 4.79 Å². The molecule has 0 atom stereocenters. The summed E-state index contributed by atoms with van der Waals surface area (Å²) < 4.78 is 7.77. The molecule has 0 saturated carbocycles. The fraction of sp³-hybridized carbons (Fsp3) is 0.348. The highest BCUT2D eigenvalue weighted by atomic mass is 32.2. The molecule has 1 amide bonds. The number of carbonyl (C=O) groups is 1. The van der Waals surface area contributed by atoms with Crippen molar-refractivity contribution < 1.29 is 9.53 Å². The van der Waals surface area contributed by atoms with Gasteiger partial charge < -0.3 is 4.74 Å². The van der Waals surface area contributed by atoms with Crippen LogP contribution in [0.3, 0.4) is 0 Å². The van der Waals surface area contributed by atoms with Gasteiger partial charge in [0.05, 0.1) is 28.8 Å². The summed E-state index contributed by atoms with van der Waals surface area (Å²) in [7, 11) is 0. The maximum atomic E-state index is 12.0. The van der Waals surface area contributed by atoms with Gasteiger partial charge in [-0.1, -0.05) is 56.5 Å². The van der Waals surface area contributed by atoms with Gasteiger partial charge in [-0.2, -0.15) is 5.10 Å². The number of hydrogen-bond donors (Lipinski definition) is 1. The number of nitrogens with zero attached hydrogens (tertiary/aromatic N) is 2. The second-order valence-corrected chi connectivity index (χ2v) is 9.11. The Kier molecular flexibility index (Phi) is 9.18. The van der Waals surface area contributed by atoms with Crippen LogP contribution in [0.5, 0.6) is 5.75 Å². The van der Waals surface area contributed by atoms with Crippen molar-refractivity contribution in [2.24, 2.45) is 5.10 Å². The third kappa shape index (κ3) is 7.46. The fourth-order valence-corrected chi connectivity index (χ4v) is 4.66. The Morgan fingerprint density at radius 3 is 2.73 bits per heavy atom. The molecule has 0 aliphatic rings. The Hall–Kier alpha value is -2.38. The minimum absolute atomic E-state index is 0.154. The van der Waals surface area contributed by atoms with Crippen LogP contribution in [0.25, 0.3) is 10.2 Å². The molecule has 0 aliphatic heterocycles. The zero-order chi connectivity index (χ0) is 21.0. The third-order valence-corrected chi connectivity index (χ3v) is 6.58. The molecule has 30 heavy (non-hydrogen) atoms. The number of hydrazone groups is 1. The summed E-state index contributed by atoms with van der Waals surface area (Å²) in [5.74, 6) is 0.986. The maximum Gasteiger partial charge on any atom is 0.250 e. The van der Waals surface area contributed by atoms with E-state index in [4.69, 9.17) is 4.74 Å². The molecule has 3 aromatic rings. The number of ether oxygens (including phenoxy) is 1. The molecule has 0 saturated heterocycles. The molecule has 158 valence electrons. The molecular weight excluding hydrogens is 414 g/mol. The molecule has 7 heteroatoms. The van der Waals surface area contributed by atoms with Gasteiger partial charge >= 0.3 is 0 Å². The van der Waals surface area contributed by atoms with Crippen LogP contribution in [0.2, 0.25) is 0 Å². The van der Waals surface area contributed by atoms with Crippen LogP contribution in [-0.2, 0) is 4.79 Å². The number of hydrogen-bond acceptors (Lipinski definition) is 6. The van der Waals surface area contributed by atoms with Crippen LogP contribution < -0.4 is 10.2 Å². The van der Waals surface area contributed by atoms with E-state index in [2.05, 4.69) is 22.4 Å². The van der Waals surface area contributed by atoms with Crippen LogP contribution in [0.15, 0.2) is 58.0 Å². The minimum Gasteiger partial charge on any atom is -0.494 e. The maximum absolute atomic E-state index is 12.0. The van der Waals surface area contributed by atoms with Crippen molar-refractivity contribution >= 4 is 45.4 Å². The number of amides is 1. The number of unbranched alkanes of at least 4 members (excludes halogenated alkanes) is 4. The predicted octanol–water partition coefficient (Wildman–Crippen LogP) is 5.89. The van der Waals surface area contributed by atoms with Crippen molar-refractivity contribution in [2.75, 3.05) is 12.4 Å². The van der Waals surface area contributed by atoms with Crippen LogP contribution in [-0.4, -0.2) is 29.5 Å². The van der Waals surface area contributed by atoms with E-state index in [1.807, 2.05) is 48.5 Å². The first-order valence-corrected chi connectivity index (χ1v) is 12.1. The Bertz CT molecular complexity index is 921. The average Bonchev–Trinajstić information content (AvgIpc) is 3.19. The number of fused-ring (bicyclic) bond motifs is 1. The monoisotopic (exact) mass is 441 g/mol. The lowest BCUT2D eigenvalue weighted by atomic mass is 10.2. The van der Waals surface area contributed by atoms with Crippen LogP contribution in [0.4, 0.5) is 0 Å². The summed E-state index contributed by atoms with van der Waals surface area (Å²) in [5.41, 5.74) is 4.44. The quantitative estimate of drug-likeness (QED) is 0.165. The lowest BCUT2D eigenvalue weighted by molar-refractivity contribution is -0.118. The van der Waals surface area contributed by atoms with E-state index in [-0.39, 0.29) is 11.7 Å². The summed E-state index contributed by atoms with van der Waals surface area (Å²) in [6, 6.07) is 15.7. The molecule has 1 N–H and O–H groups in total. The molecule has 0 aliphatic carbocycles. The fourth-order valence-electron chi connectivity index (χ4n) is 2.80. The number of carbonyl (C=O) groups excluding carboxylic acids is 1. The number of aromatic nitrogens is 1. The number of rotatable bonds is 12. The van der Waals surface area contributed by atoms with Gasteiger partial charge in [0.15, 0.2) is 4.34 Å². The van der Waals surface area contributed by atoms with Gasteiger partial charge in [0.2, 0.25) is 0 Å². The molecular formula is C23H27N3O2S2. The summed E-state index contributed by atoms with van der Waals surface area (Å²) >= 11 is 3.01. The van der Waals surface area contributed by atoms with Crippen molar-refractivity contribution in [3.05, 3.63) is 54.1 Å². The highest BCUT2D eigenvalue weighted by Gasteiger charge is 2.06. The molecule has 5 nitrogen and oxygen atoms in total. The van der Waals surface area contributed by atoms with Crippen molar-refractivity contribution in [1.29, 1.82) is 0 Å². The first-order chi connectivity index (χ1) is 14.7. The first kappa shape index (κ1) is 22.3. The van der Waals surface area contributed by atoms with E-state index >= 15 is 0 Å². The van der Waals surface area contributed by atoms with E-state index in [1.54, 1.807) is 17.6 Å². The molecule has 2 aromatic carbocycles. The Morgan fingerprint density at radius 2 is 1.93 bits per heavy atom. The van der Waals surface area contributed by atoms with Gasteiger partial charge in [-0.05, 0) is 48.4 Å². The summed E-state index contributed by atoms with van der Waals surface area (Å²) in [5, 5.41) is 4.03. The van der Waals surface area contributed by atoms with Crippen molar-refractivity contribution in [3.63, 3.8) is 0 Å². The van der Waals surface area contributed by atoms with E-state index in [0.717, 1.165) is 38.9 Å². The standard InChI is InChI=1S/C23H27N3O2S2/c1-2-3-4-5-8-15-28-19-13-11-18(12-14-19)16-24-26-22(27)17-29-23-25-20-9-6-7-10-21(20)30-23/h6-7,9-14,16H,2-5,8,15,17H2,1H3,(H,26,27)/b24-16-. The van der Waals surface area contributed by atoms with E-state index < -0.39 is 0 Å². The largest absolute Gasteiger partial charge is 0.494 e. The predicted molar refractivity (Wildman–Crippen MR) is 127 cm³/mol. The Morgan fingerprint density at radius 1 is 1.13 bits per heavy atom. The van der Waals surface area contributed by atoms with E-state index in [9.17, 15) is 4.79 Å². The third-order valence-electron chi connectivity index (χ3n) is 4.40. The topological polar surface area (TPSA) is 63.6 Å². The summed E-state index contributed by atoms with van der Waals surface area (Å²) in [4.78, 5) is 16.5. The minimum atomic E-state index is -0.154. The second-order valence-electron chi connectivity index (χ2n) is 6.86. The molecule has 0 unspecified atom stereocenters. The summed E-state index contributed by atoms with van der Waals surface area (Å²) in [6.45, 7) is 2.97. The molecule has 1 heterocycles. The van der Waals surface area contributed by atoms with E-state index in [0.29, 0.717) is 0 Å². The second kappa shape index (κ2) is 12.3. The SMILES string of the molecule is CCCCCCCOc1ccc(/C=N\NC(=O)CSc2nc3ccccc3s2)cc1. The van der Waals surface area contributed by atoms with Gasteiger partial charge in [-0.25, -0.2) is 10.4 Å². The van der Waals surface area contributed by atoms with Crippen LogP contribution in [0.1, 0.15) is 44.6 Å². The highest BCUT2D eigenvalue weighted by molar-refractivity contribution is 8.01. The smallest absolute Gasteiger partial charge is 0.250 e. The van der Waals surface area contributed by atoms with Gasteiger partial charge in [0.25, 0.3) is 5.91 Å². The van der Waals surface area contributed by atoms with Crippen LogP contribution in [0, 0.1) is 0 Å². The molecule has 3 rings (SSSR count). The van der Waals surface area contributed by atoms with Crippen molar-refractivity contribution in [2.45, 2.75) is 43.4 Å². The lowest BCUT2D eigenvalue weighted by Crippen LogP contribution is -2.19. The molecule has 0 fully saturated rings. The lowest BCUT2D eigenvalue weighted by Gasteiger charge is -2.06. The summed E-state index contributed by atoms with van der Waals surface area (Å²) in [6.07, 6.45) is 7.77. The number of thiazole rings is 1.